The monoisotopic (exact) mass is 527 g/mol. The smallest absolute Gasteiger partial charge is 0.354 e. The zero-order valence-electron chi connectivity index (χ0n) is 18.8. The van der Waals surface area contributed by atoms with E-state index in [1.807, 2.05) is 0 Å². The standard InChI is InChI=1S/C24H19Cl2N5O5/c1-2-30-23(34)29-22(31(24(30)35)13-14-3-5-15(25)6-4-14)27-16-7-9-17(10-8-16)36-19-12-11-18(21(32)33)20(26)28-19/h3-12H,2,13H2,1H3,(H,32,33)(H,27,29,34). The summed E-state index contributed by atoms with van der Waals surface area (Å²) in [6, 6.07) is 16.3. The molecule has 0 aliphatic carbocycles. The van der Waals surface area contributed by atoms with Crippen molar-refractivity contribution in [2.75, 3.05) is 5.32 Å². The summed E-state index contributed by atoms with van der Waals surface area (Å²) in [5.74, 6) is -0.590. The molecule has 0 atom stereocenters. The van der Waals surface area contributed by atoms with Gasteiger partial charge in [-0.25, -0.2) is 23.9 Å². The Balaban J connectivity index is 1.59. The highest BCUT2D eigenvalue weighted by Crippen LogP contribution is 2.25. The van der Waals surface area contributed by atoms with Crippen LogP contribution in [0.4, 0.5) is 11.6 Å². The molecule has 0 aliphatic rings. The third-order valence-corrected chi connectivity index (χ3v) is 5.65. The molecule has 0 spiro atoms. The van der Waals surface area contributed by atoms with Crippen LogP contribution in [0.3, 0.4) is 0 Å². The van der Waals surface area contributed by atoms with Crippen LogP contribution < -0.4 is 21.4 Å². The van der Waals surface area contributed by atoms with Crippen molar-refractivity contribution in [2.45, 2.75) is 20.0 Å². The average molecular weight is 528 g/mol. The van der Waals surface area contributed by atoms with E-state index in [-0.39, 0.29) is 35.6 Å². The first-order valence-electron chi connectivity index (χ1n) is 10.7. The molecule has 0 saturated carbocycles. The van der Waals surface area contributed by atoms with Gasteiger partial charge in [0.15, 0.2) is 0 Å². The fourth-order valence-electron chi connectivity index (χ4n) is 3.30. The van der Waals surface area contributed by atoms with Crippen molar-refractivity contribution in [3.63, 3.8) is 0 Å². The number of benzene rings is 2. The molecule has 0 saturated heterocycles. The van der Waals surface area contributed by atoms with Crippen molar-refractivity contribution >= 4 is 40.8 Å². The Kier molecular flexibility index (Phi) is 7.37. The molecule has 2 N–H and O–H groups in total. The van der Waals surface area contributed by atoms with Crippen LogP contribution in [-0.2, 0) is 13.1 Å². The van der Waals surface area contributed by atoms with E-state index in [1.165, 1.54) is 16.7 Å². The molecule has 2 aromatic carbocycles. The summed E-state index contributed by atoms with van der Waals surface area (Å²) in [7, 11) is 0. The lowest BCUT2D eigenvalue weighted by Crippen LogP contribution is -2.42. The molecule has 0 radical (unpaired) electrons. The first-order valence-corrected chi connectivity index (χ1v) is 11.4. The molecule has 10 nitrogen and oxygen atoms in total. The average Bonchev–Trinajstić information content (AvgIpc) is 2.84. The van der Waals surface area contributed by atoms with Crippen LogP contribution >= 0.6 is 23.2 Å². The lowest BCUT2D eigenvalue weighted by atomic mass is 10.2. The molecular formula is C24H19Cl2N5O5. The van der Waals surface area contributed by atoms with E-state index < -0.39 is 17.3 Å². The van der Waals surface area contributed by atoms with Gasteiger partial charge in [-0.2, -0.15) is 4.98 Å². The molecule has 0 bridgehead atoms. The molecule has 2 heterocycles. The lowest BCUT2D eigenvalue weighted by Gasteiger charge is -2.15. The van der Waals surface area contributed by atoms with Crippen LogP contribution in [0, 0.1) is 0 Å². The minimum atomic E-state index is -1.19. The normalized spacial score (nSPS) is 10.8. The third kappa shape index (κ3) is 5.56. The van der Waals surface area contributed by atoms with Crippen molar-refractivity contribution in [3.05, 3.63) is 103 Å². The number of halogens is 2. The van der Waals surface area contributed by atoms with Crippen LogP contribution in [0.1, 0.15) is 22.8 Å². The zero-order valence-corrected chi connectivity index (χ0v) is 20.3. The van der Waals surface area contributed by atoms with E-state index in [2.05, 4.69) is 15.3 Å². The minimum Gasteiger partial charge on any atom is -0.478 e. The van der Waals surface area contributed by atoms with E-state index in [9.17, 15) is 14.4 Å². The molecule has 0 unspecified atom stereocenters. The molecule has 4 aromatic rings. The number of carboxylic acid groups (broad SMARTS) is 1. The molecular weight excluding hydrogens is 509 g/mol. The van der Waals surface area contributed by atoms with Gasteiger partial charge >= 0.3 is 17.3 Å². The predicted octanol–water partition coefficient (Wildman–Crippen LogP) is 4.41. The third-order valence-electron chi connectivity index (χ3n) is 5.11. The van der Waals surface area contributed by atoms with Gasteiger partial charge < -0.3 is 15.2 Å². The van der Waals surface area contributed by atoms with E-state index in [0.29, 0.717) is 16.5 Å². The maximum Gasteiger partial charge on any atom is 0.354 e. The first-order chi connectivity index (χ1) is 17.2. The number of rotatable bonds is 8. The minimum absolute atomic E-state index is 0.0797. The predicted molar refractivity (Wildman–Crippen MR) is 135 cm³/mol. The Morgan fingerprint density at radius 1 is 0.972 bits per heavy atom. The summed E-state index contributed by atoms with van der Waals surface area (Å²) in [6.45, 7) is 2.05. The Morgan fingerprint density at radius 3 is 2.28 bits per heavy atom. The van der Waals surface area contributed by atoms with Crippen molar-refractivity contribution in [3.8, 4) is 11.6 Å². The number of ether oxygens (including phenoxy) is 1. The molecule has 0 fully saturated rings. The van der Waals surface area contributed by atoms with Crippen molar-refractivity contribution < 1.29 is 14.6 Å². The highest BCUT2D eigenvalue weighted by molar-refractivity contribution is 6.32. The van der Waals surface area contributed by atoms with Gasteiger partial charge in [-0.05, 0) is 55.0 Å². The molecule has 12 heteroatoms. The number of aromatic carboxylic acids is 1. The number of carbonyl (C=O) groups is 1. The van der Waals surface area contributed by atoms with Crippen LogP contribution in [0.25, 0.3) is 0 Å². The highest BCUT2D eigenvalue weighted by atomic mass is 35.5. The second kappa shape index (κ2) is 10.6. The van der Waals surface area contributed by atoms with E-state index in [0.717, 1.165) is 10.1 Å². The summed E-state index contributed by atoms with van der Waals surface area (Å²) in [5.41, 5.74) is 0.0508. The van der Waals surface area contributed by atoms with Crippen LogP contribution in [0.2, 0.25) is 10.2 Å². The molecule has 0 aliphatic heterocycles. The summed E-state index contributed by atoms with van der Waals surface area (Å²) >= 11 is 11.8. The fourth-order valence-corrected chi connectivity index (χ4v) is 3.65. The van der Waals surface area contributed by atoms with Crippen LogP contribution in [-0.4, -0.2) is 30.2 Å². The number of pyridine rings is 1. The molecule has 4 rings (SSSR count). The number of carboxylic acids is 1. The topological polar surface area (TPSA) is 128 Å². The number of nitrogens with zero attached hydrogens (tertiary/aromatic N) is 4. The number of hydrogen-bond donors (Lipinski definition) is 2. The highest BCUT2D eigenvalue weighted by Gasteiger charge is 2.14. The molecule has 36 heavy (non-hydrogen) atoms. The van der Waals surface area contributed by atoms with Crippen molar-refractivity contribution in [1.82, 2.24) is 19.1 Å². The van der Waals surface area contributed by atoms with Crippen molar-refractivity contribution in [1.29, 1.82) is 0 Å². The largest absolute Gasteiger partial charge is 0.478 e. The molecule has 2 aromatic heterocycles. The van der Waals surface area contributed by atoms with Crippen LogP contribution in [0.5, 0.6) is 11.6 Å². The lowest BCUT2D eigenvalue weighted by molar-refractivity contribution is 0.0696. The number of aromatic nitrogens is 4. The van der Waals surface area contributed by atoms with Gasteiger partial charge in [0.1, 0.15) is 10.9 Å². The van der Waals surface area contributed by atoms with Gasteiger partial charge in [-0.3, -0.25) is 4.57 Å². The summed E-state index contributed by atoms with van der Waals surface area (Å²) in [5, 5.41) is 12.4. The van der Waals surface area contributed by atoms with E-state index in [4.69, 9.17) is 33.0 Å². The quantitative estimate of drug-likeness (QED) is 0.322. The Labute approximate surface area is 214 Å². The molecule has 0 amide bonds. The fraction of sp³-hybridized carbons (Fsp3) is 0.125. The summed E-state index contributed by atoms with van der Waals surface area (Å²) < 4.78 is 8.05. The SMILES string of the molecule is CCn1c(=O)nc(Nc2ccc(Oc3ccc(C(=O)O)c(Cl)n3)cc2)n(Cc2ccc(Cl)cc2)c1=O. The second-order valence-electron chi connectivity index (χ2n) is 7.50. The van der Waals surface area contributed by atoms with Gasteiger partial charge in [0, 0.05) is 23.3 Å². The number of hydrogen-bond acceptors (Lipinski definition) is 7. The van der Waals surface area contributed by atoms with E-state index in [1.54, 1.807) is 55.5 Å². The Bertz CT molecular complexity index is 1530. The number of anilines is 2. The Hall–Kier alpha value is -4.15. The first kappa shape index (κ1) is 25.0. The summed E-state index contributed by atoms with van der Waals surface area (Å²) in [4.78, 5) is 44.5. The van der Waals surface area contributed by atoms with Gasteiger partial charge in [-0.15, -0.1) is 0 Å². The van der Waals surface area contributed by atoms with Gasteiger partial charge in [0.05, 0.1) is 12.1 Å². The molecule has 184 valence electrons. The van der Waals surface area contributed by atoms with Gasteiger partial charge in [-0.1, -0.05) is 35.3 Å². The van der Waals surface area contributed by atoms with Crippen LogP contribution in [0.15, 0.2) is 70.3 Å². The number of nitrogens with one attached hydrogen (secondary N) is 1. The Morgan fingerprint density at radius 2 is 1.67 bits per heavy atom. The van der Waals surface area contributed by atoms with Gasteiger partial charge in [0.2, 0.25) is 11.8 Å². The summed E-state index contributed by atoms with van der Waals surface area (Å²) in [6.07, 6.45) is 0. The zero-order chi connectivity index (χ0) is 25.8. The maximum absolute atomic E-state index is 13.0. The van der Waals surface area contributed by atoms with Gasteiger partial charge in [0.25, 0.3) is 0 Å². The van der Waals surface area contributed by atoms with E-state index >= 15 is 0 Å². The second-order valence-corrected chi connectivity index (χ2v) is 8.30. The maximum atomic E-state index is 13.0. The van der Waals surface area contributed by atoms with Crippen molar-refractivity contribution in [2.24, 2.45) is 0 Å².